The number of aromatic nitrogens is 3. The van der Waals surface area contributed by atoms with Crippen molar-refractivity contribution >= 4 is 6.03 Å². The first-order valence-electron chi connectivity index (χ1n) is 4.73. The van der Waals surface area contributed by atoms with E-state index in [9.17, 15) is 4.79 Å². The molecule has 2 aromatic rings. The molecule has 0 aromatic carbocycles. The number of imidazole rings is 1. The number of hydrogen-bond acceptors (Lipinski definition) is 2. The standard InChI is InChI=1S/C10H12N4O/c15-10(14-8-3-11-9-14)12-4-7-13-5-1-2-6-13/h1-3,5-6,8-9H,4,7H2,(H,12,15). The van der Waals surface area contributed by atoms with Crippen molar-refractivity contribution < 1.29 is 4.79 Å². The molecule has 2 heterocycles. The fraction of sp³-hybridized carbons (Fsp3) is 0.200. The maximum Gasteiger partial charge on any atom is 0.326 e. The van der Waals surface area contributed by atoms with Gasteiger partial charge in [0.2, 0.25) is 0 Å². The summed E-state index contributed by atoms with van der Waals surface area (Å²) in [5, 5.41) is 2.79. The molecule has 0 atom stereocenters. The minimum absolute atomic E-state index is 0.153. The summed E-state index contributed by atoms with van der Waals surface area (Å²) in [7, 11) is 0. The fourth-order valence-corrected chi connectivity index (χ4v) is 1.28. The van der Waals surface area contributed by atoms with Crippen molar-refractivity contribution in [2.45, 2.75) is 6.54 Å². The Bertz CT molecular complexity index is 405. The molecule has 2 rings (SSSR count). The van der Waals surface area contributed by atoms with E-state index in [0.29, 0.717) is 6.54 Å². The van der Waals surface area contributed by atoms with Gasteiger partial charge >= 0.3 is 6.03 Å². The minimum atomic E-state index is -0.153. The Morgan fingerprint density at radius 2 is 2.07 bits per heavy atom. The van der Waals surface area contributed by atoms with Gasteiger partial charge in [-0.3, -0.25) is 4.57 Å². The quantitative estimate of drug-likeness (QED) is 0.809. The summed E-state index contributed by atoms with van der Waals surface area (Å²) in [6.07, 6.45) is 8.59. The Kier molecular flexibility index (Phi) is 2.82. The highest BCUT2D eigenvalue weighted by Crippen LogP contribution is 1.89. The molecule has 0 unspecified atom stereocenters. The van der Waals surface area contributed by atoms with Crippen LogP contribution < -0.4 is 5.32 Å². The van der Waals surface area contributed by atoms with Gasteiger partial charge in [0.25, 0.3) is 0 Å². The smallest absolute Gasteiger partial charge is 0.326 e. The minimum Gasteiger partial charge on any atom is -0.353 e. The van der Waals surface area contributed by atoms with Crippen LogP contribution in [0.15, 0.2) is 43.2 Å². The lowest BCUT2D eigenvalue weighted by molar-refractivity contribution is 0.242. The number of rotatable bonds is 3. The van der Waals surface area contributed by atoms with Gasteiger partial charge < -0.3 is 9.88 Å². The van der Waals surface area contributed by atoms with Gasteiger partial charge in [-0.05, 0) is 12.1 Å². The van der Waals surface area contributed by atoms with Crippen LogP contribution in [0.25, 0.3) is 0 Å². The Hall–Kier alpha value is -2.04. The molecule has 0 aliphatic heterocycles. The molecule has 78 valence electrons. The van der Waals surface area contributed by atoms with Gasteiger partial charge in [-0.25, -0.2) is 9.78 Å². The zero-order valence-corrected chi connectivity index (χ0v) is 8.21. The third-order valence-corrected chi connectivity index (χ3v) is 2.05. The normalized spacial score (nSPS) is 10.1. The molecule has 15 heavy (non-hydrogen) atoms. The average Bonchev–Trinajstić information content (AvgIpc) is 2.90. The third-order valence-electron chi connectivity index (χ3n) is 2.05. The molecule has 0 aliphatic carbocycles. The van der Waals surface area contributed by atoms with Crippen LogP contribution in [0.5, 0.6) is 0 Å². The molecule has 0 saturated carbocycles. The summed E-state index contributed by atoms with van der Waals surface area (Å²) in [4.78, 5) is 15.2. The highest BCUT2D eigenvalue weighted by Gasteiger charge is 2.00. The van der Waals surface area contributed by atoms with Gasteiger partial charge in [-0.2, -0.15) is 0 Å². The van der Waals surface area contributed by atoms with E-state index < -0.39 is 0 Å². The van der Waals surface area contributed by atoms with Crippen LogP contribution in [0, 0.1) is 0 Å². The van der Waals surface area contributed by atoms with Gasteiger partial charge in [-0.1, -0.05) is 0 Å². The van der Waals surface area contributed by atoms with Crippen molar-refractivity contribution in [1.29, 1.82) is 0 Å². The zero-order valence-electron chi connectivity index (χ0n) is 8.21. The molecule has 1 amide bonds. The van der Waals surface area contributed by atoms with Crippen molar-refractivity contribution in [2.24, 2.45) is 0 Å². The van der Waals surface area contributed by atoms with Crippen molar-refractivity contribution in [3.63, 3.8) is 0 Å². The number of nitrogens with one attached hydrogen (secondary N) is 1. The van der Waals surface area contributed by atoms with Gasteiger partial charge in [-0.15, -0.1) is 0 Å². The first kappa shape index (κ1) is 9.51. The molecule has 2 aromatic heterocycles. The largest absolute Gasteiger partial charge is 0.353 e. The van der Waals surface area contributed by atoms with Crippen LogP contribution in [0.4, 0.5) is 4.79 Å². The van der Waals surface area contributed by atoms with Crippen molar-refractivity contribution in [3.8, 4) is 0 Å². The number of hydrogen-bond donors (Lipinski definition) is 1. The van der Waals surface area contributed by atoms with Crippen LogP contribution in [0.1, 0.15) is 0 Å². The lowest BCUT2D eigenvalue weighted by Gasteiger charge is -2.05. The Balaban J connectivity index is 1.77. The maximum absolute atomic E-state index is 11.4. The highest BCUT2D eigenvalue weighted by atomic mass is 16.2. The summed E-state index contributed by atoms with van der Waals surface area (Å²) >= 11 is 0. The molecular formula is C10H12N4O. The molecule has 0 aliphatic rings. The van der Waals surface area contributed by atoms with Crippen LogP contribution >= 0.6 is 0 Å². The second kappa shape index (κ2) is 4.45. The summed E-state index contributed by atoms with van der Waals surface area (Å²) in [6, 6.07) is 3.76. The van der Waals surface area contributed by atoms with E-state index in [0.717, 1.165) is 6.54 Å². The number of carbonyl (C=O) groups excluding carboxylic acids is 1. The van der Waals surface area contributed by atoms with Crippen LogP contribution in [0.2, 0.25) is 0 Å². The Morgan fingerprint density at radius 3 is 2.73 bits per heavy atom. The monoisotopic (exact) mass is 204 g/mol. The summed E-state index contributed by atoms with van der Waals surface area (Å²) < 4.78 is 3.42. The van der Waals surface area contributed by atoms with E-state index in [-0.39, 0.29) is 6.03 Å². The molecular weight excluding hydrogens is 192 g/mol. The summed E-state index contributed by atoms with van der Waals surface area (Å²) in [6.45, 7) is 1.37. The lowest BCUT2D eigenvalue weighted by Crippen LogP contribution is -2.30. The van der Waals surface area contributed by atoms with E-state index >= 15 is 0 Å². The Labute approximate surface area is 87.4 Å². The molecule has 0 spiro atoms. The van der Waals surface area contributed by atoms with E-state index in [4.69, 9.17) is 0 Å². The average molecular weight is 204 g/mol. The van der Waals surface area contributed by atoms with E-state index in [2.05, 4.69) is 10.3 Å². The zero-order chi connectivity index (χ0) is 10.5. The number of nitrogens with zero attached hydrogens (tertiary/aromatic N) is 3. The van der Waals surface area contributed by atoms with Crippen LogP contribution in [-0.4, -0.2) is 26.7 Å². The van der Waals surface area contributed by atoms with Crippen molar-refractivity contribution in [2.75, 3.05) is 6.54 Å². The third kappa shape index (κ3) is 2.46. The van der Waals surface area contributed by atoms with Crippen LogP contribution in [0.3, 0.4) is 0 Å². The summed E-state index contributed by atoms with van der Waals surface area (Å²) in [5.41, 5.74) is 0. The molecule has 0 radical (unpaired) electrons. The van der Waals surface area contributed by atoms with E-state index in [1.807, 2.05) is 29.1 Å². The van der Waals surface area contributed by atoms with Crippen molar-refractivity contribution in [3.05, 3.63) is 43.2 Å². The van der Waals surface area contributed by atoms with Gasteiger partial charge in [0.1, 0.15) is 6.33 Å². The molecule has 1 N–H and O–H groups in total. The lowest BCUT2D eigenvalue weighted by atomic mass is 10.6. The topological polar surface area (TPSA) is 51.9 Å². The maximum atomic E-state index is 11.4. The van der Waals surface area contributed by atoms with E-state index in [1.165, 1.54) is 10.9 Å². The molecule has 5 heteroatoms. The van der Waals surface area contributed by atoms with Crippen molar-refractivity contribution in [1.82, 2.24) is 19.4 Å². The van der Waals surface area contributed by atoms with Gasteiger partial charge in [0.05, 0.1) is 0 Å². The first-order chi connectivity index (χ1) is 7.36. The second-order valence-electron chi connectivity index (χ2n) is 3.12. The molecule has 0 bridgehead atoms. The molecule has 0 saturated heterocycles. The van der Waals surface area contributed by atoms with Crippen LogP contribution in [-0.2, 0) is 6.54 Å². The predicted molar refractivity (Wildman–Crippen MR) is 55.5 cm³/mol. The number of amides is 1. The fourth-order valence-electron chi connectivity index (χ4n) is 1.28. The predicted octanol–water partition coefficient (Wildman–Crippen LogP) is 0.943. The molecule has 5 nitrogen and oxygen atoms in total. The number of carbonyl (C=O) groups is 1. The second-order valence-corrected chi connectivity index (χ2v) is 3.12. The van der Waals surface area contributed by atoms with E-state index in [1.54, 1.807) is 12.4 Å². The van der Waals surface area contributed by atoms with Gasteiger partial charge in [0, 0.05) is 37.9 Å². The highest BCUT2D eigenvalue weighted by molar-refractivity contribution is 5.76. The first-order valence-corrected chi connectivity index (χ1v) is 4.73. The summed E-state index contributed by atoms with van der Waals surface area (Å²) in [5.74, 6) is 0. The van der Waals surface area contributed by atoms with Gasteiger partial charge in [0.15, 0.2) is 0 Å². The molecule has 0 fully saturated rings. The Morgan fingerprint density at radius 1 is 1.27 bits per heavy atom. The SMILES string of the molecule is O=C(NCCn1cccc1)n1ccnc1.